The van der Waals surface area contributed by atoms with Gasteiger partial charge in [-0.25, -0.2) is 0 Å². The molecule has 1 N–H and O–H groups in total. The van der Waals surface area contributed by atoms with Gasteiger partial charge < -0.3 is 9.84 Å². The molecule has 0 fully saturated rings. The Morgan fingerprint density at radius 3 is 2.58 bits per heavy atom. The summed E-state index contributed by atoms with van der Waals surface area (Å²) in [6.07, 6.45) is 2.58. The number of nitro groups is 1. The lowest BCUT2D eigenvalue weighted by Crippen LogP contribution is -1.96. The smallest absolute Gasteiger partial charge is 0.315 e. The van der Waals surface area contributed by atoms with Crippen LogP contribution in [0.5, 0.6) is 11.5 Å². The number of nitro benzene ring substituents is 1. The second-order valence-electron chi connectivity index (χ2n) is 4.67. The van der Waals surface area contributed by atoms with Gasteiger partial charge in [0.25, 0.3) is 0 Å². The van der Waals surface area contributed by atoms with Crippen LogP contribution in [0.15, 0.2) is 36.4 Å². The Morgan fingerprint density at radius 2 is 2.00 bits per heavy atom. The number of ether oxygens (including phenoxy) is 1. The maximum Gasteiger partial charge on any atom is 0.315 e. The molecule has 2 aromatic rings. The number of benzene rings is 2. The molecular formula is C16H11Cl2NO5. The van der Waals surface area contributed by atoms with Crippen LogP contribution in [0, 0.1) is 10.1 Å². The monoisotopic (exact) mass is 367 g/mol. The molecule has 0 aromatic heterocycles. The van der Waals surface area contributed by atoms with E-state index in [-0.39, 0.29) is 16.3 Å². The van der Waals surface area contributed by atoms with Crippen molar-refractivity contribution in [1.29, 1.82) is 0 Å². The first-order chi connectivity index (χ1) is 11.3. The van der Waals surface area contributed by atoms with Gasteiger partial charge in [-0.15, -0.1) is 0 Å². The van der Waals surface area contributed by atoms with E-state index in [1.807, 2.05) is 0 Å². The second kappa shape index (κ2) is 7.33. The lowest BCUT2D eigenvalue weighted by Gasteiger charge is -2.05. The zero-order valence-electron chi connectivity index (χ0n) is 12.3. The molecule has 0 aliphatic heterocycles. The Hall–Kier alpha value is -2.57. The minimum atomic E-state index is -0.743. The quantitative estimate of drug-likeness (QED) is 0.363. The zero-order valence-corrected chi connectivity index (χ0v) is 13.8. The number of rotatable bonds is 5. The molecule has 0 spiro atoms. The van der Waals surface area contributed by atoms with Crippen LogP contribution in [-0.2, 0) is 0 Å². The van der Waals surface area contributed by atoms with Crippen LogP contribution in [0.4, 0.5) is 5.69 Å². The normalized spacial score (nSPS) is 10.8. The lowest BCUT2D eigenvalue weighted by atomic mass is 10.1. The van der Waals surface area contributed by atoms with Crippen molar-refractivity contribution in [2.75, 3.05) is 7.11 Å². The highest BCUT2D eigenvalue weighted by atomic mass is 35.5. The molecule has 0 bridgehead atoms. The lowest BCUT2D eigenvalue weighted by molar-refractivity contribution is -0.386. The third-order valence-electron chi connectivity index (χ3n) is 3.12. The minimum absolute atomic E-state index is 0.0687. The van der Waals surface area contributed by atoms with E-state index in [1.165, 1.54) is 43.5 Å². The van der Waals surface area contributed by atoms with E-state index < -0.39 is 22.1 Å². The molecule has 24 heavy (non-hydrogen) atoms. The molecule has 124 valence electrons. The Balaban J connectivity index is 2.36. The first kappa shape index (κ1) is 17.8. The number of carbonyl (C=O) groups is 1. The van der Waals surface area contributed by atoms with Gasteiger partial charge in [-0.05, 0) is 35.9 Å². The number of allylic oxidation sites excluding steroid dienone is 1. The van der Waals surface area contributed by atoms with Crippen molar-refractivity contribution in [3.63, 3.8) is 0 Å². The Bertz CT molecular complexity index is 849. The van der Waals surface area contributed by atoms with E-state index >= 15 is 0 Å². The molecule has 0 unspecified atom stereocenters. The number of phenols is 1. The highest BCUT2D eigenvalue weighted by Gasteiger charge is 2.19. The molecule has 0 heterocycles. The van der Waals surface area contributed by atoms with Crippen LogP contribution in [0.2, 0.25) is 10.0 Å². The topological polar surface area (TPSA) is 89.7 Å². The van der Waals surface area contributed by atoms with Crippen molar-refractivity contribution >= 4 is 40.7 Å². The first-order valence-corrected chi connectivity index (χ1v) is 7.32. The molecule has 8 heteroatoms. The van der Waals surface area contributed by atoms with Gasteiger partial charge in [0.05, 0.1) is 17.1 Å². The van der Waals surface area contributed by atoms with Crippen molar-refractivity contribution in [2.24, 2.45) is 0 Å². The van der Waals surface area contributed by atoms with Gasteiger partial charge >= 0.3 is 5.69 Å². The second-order valence-corrected chi connectivity index (χ2v) is 5.51. The Labute approximate surface area is 147 Å². The fourth-order valence-corrected chi connectivity index (χ4v) is 2.46. The fourth-order valence-electron chi connectivity index (χ4n) is 1.96. The van der Waals surface area contributed by atoms with Gasteiger partial charge in [0.2, 0.25) is 5.75 Å². The van der Waals surface area contributed by atoms with Gasteiger partial charge in [0.15, 0.2) is 11.5 Å². The average Bonchev–Trinajstić information content (AvgIpc) is 2.53. The summed E-state index contributed by atoms with van der Waals surface area (Å²) < 4.78 is 4.89. The van der Waals surface area contributed by atoms with Gasteiger partial charge in [0, 0.05) is 16.7 Å². The van der Waals surface area contributed by atoms with Crippen LogP contribution in [0.1, 0.15) is 15.9 Å². The fraction of sp³-hybridized carbons (Fsp3) is 0.0625. The van der Waals surface area contributed by atoms with E-state index in [4.69, 9.17) is 27.9 Å². The van der Waals surface area contributed by atoms with E-state index in [0.717, 1.165) is 6.07 Å². The Morgan fingerprint density at radius 1 is 1.29 bits per heavy atom. The summed E-state index contributed by atoms with van der Waals surface area (Å²) in [4.78, 5) is 22.4. The predicted molar refractivity (Wildman–Crippen MR) is 91.1 cm³/mol. The van der Waals surface area contributed by atoms with Crippen molar-refractivity contribution in [1.82, 2.24) is 0 Å². The van der Waals surface area contributed by atoms with Gasteiger partial charge in [-0.1, -0.05) is 29.3 Å². The number of aromatic hydroxyl groups is 1. The number of nitrogens with zero attached hydrogens (tertiary/aromatic N) is 1. The van der Waals surface area contributed by atoms with Gasteiger partial charge in [0.1, 0.15) is 0 Å². The molecule has 0 radical (unpaired) electrons. The summed E-state index contributed by atoms with van der Waals surface area (Å²) in [7, 11) is 1.27. The predicted octanol–water partition coefficient (Wildman–Crippen LogP) is 4.51. The van der Waals surface area contributed by atoms with Crippen molar-refractivity contribution < 1.29 is 19.6 Å². The van der Waals surface area contributed by atoms with Crippen LogP contribution in [-0.4, -0.2) is 22.9 Å². The molecule has 0 saturated heterocycles. The van der Waals surface area contributed by atoms with Crippen LogP contribution >= 0.6 is 23.2 Å². The van der Waals surface area contributed by atoms with E-state index in [9.17, 15) is 20.0 Å². The molecule has 2 aromatic carbocycles. The number of carbonyl (C=O) groups excluding carboxylic acids is 1. The third kappa shape index (κ3) is 3.84. The molecule has 0 amide bonds. The number of hydrogen-bond donors (Lipinski definition) is 1. The third-order valence-corrected chi connectivity index (χ3v) is 3.67. The summed E-state index contributed by atoms with van der Waals surface area (Å²) >= 11 is 11.7. The SMILES string of the molecule is COc1cc(/C=C/C(=O)c2ccc(Cl)cc2Cl)cc([N+](=O)[O-])c1O. The number of halogens is 2. The van der Waals surface area contributed by atoms with Crippen LogP contribution in [0.3, 0.4) is 0 Å². The first-order valence-electron chi connectivity index (χ1n) is 6.56. The molecule has 0 aliphatic rings. The summed E-state index contributed by atoms with van der Waals surface area (Å²) in [5.41, 5.74) is 0.0401. The van der Waals surface area contributed by atoms with Crippen molar-refractivity contribution in [3.05, 3.63) is 67.7 Å². The average molecular weight is 368 g/mol. The Kier molecular flexibility index (Phi) is 5.43. The number of methoxy groups -OCH3 is 1. The summed E-state index contributed by atoms with van der Waals surface area (Å²) in [6.45, 7) is 0. The van der Waals surface area contributed by atoms with E-state index in [1.54, 1.807) is 0 Å². The van der Waals surface area contributed by atoms with E-state index in [0.29, 0.717) is 10.6 Å². The summed E-state index contributed by atoms with van der Waals surface area (Å²) in [6, 6.07) is 6.96. The molecular weight excluding hydrogens is 357 g/mol. The zero-order chi connectivity index (χ0) is 17.9. The molecule has 6 nitrogen and oxygen atoms in total. The van der Waals surface area contributed by atoms with Crippen molar-refractivity contribution in [3.8, 4) is 11.5 Å². The standard InChI is InChI=1S/C16H11Cl2NO5/c1-24-15-7-9(6-13(16(15)21)19(22)23)2-5-14(20)11-4-3-10(17)8-12(11)18/h2-8,21H,1H3/b5-2+. The van der Waals surface area contributed by atoms with E-state index in [2.05, 4.69) is 0 Å². The number of ketones is 1. The molecule has 0 saturated carbocycles. The van der Waals surface area contributed by atoms with Crippen LogP contribution in [0.25, 0.3) is 6.08 Å². The minimum Gasteiger partial charge on any atom is -0.500 e. The van der Waals surface area contributed by atoms with Gasteiger partial charge in [-0.3, -0.25) is 14.9 Å². The van der Waals surface area contributed by atoms with Gasteiger partial charge in [-0.2, -0.15) is 0 Å². The maximum atomic E-state index is 12.2. The maximum absolute atomic E-state index is 12.2. The summed E-state index contributed by atoms with van der Waals surface area (Å²) in [5, 5.41) is 21.3. The van der Waals surface area contributed by atoms with Crippen LogP contribution < -0.4 is 4.74 Å². The highest BCUT2D eigenvalue weighted by Crippen LogP contribution is 2.37. The summed E-state index contributed by atoms with van der Waals surface area (Å²) in [5.74, 6) is -1.04. The molecule has 0 aliphatic carbocycles. The highest BCUT2D eigenvalue weighted by molar-refractivity contribution is 6.37. The number of phenolic OH excluding ortho intramolecular Hbond substituents is 1. The largest absolute Gasteiger partial charge is 0.500 e. The molecule has 0 atom stereocenters. The van der Waals surface area contributed by atoms with Crippen molar-refractivity contribution in [2.45, 2.75) is 0 Å². The number of hydrogen-bond acceptors (Lipinski definition) is 5. The molecule has 2 rings (SSSR count).